The molecule has 0 heterocycles. The van der Waals surface area contributed by atoms with E-state index in [1.807, 2.05) is 0 Å². The number of hydrogen-bond acceptors (Lipinski definition) is 2. The van der Waals surface area contributed by atoms with Gasteiger partial charge < -0.3 is 5.11 Å². The van der Waals surface area contributed by atoms with E-state index in [9.17, 15) is 9.90 Å². The van der Waals surface area contributed by atoms with Crippen LogP contribution in [-0.2, 0) is 4.79 Å². The third-order valence-corrected chi connectivity index (χ3v) is 8.24. The Labute approximate surface area is 159 Å². The van der Waals surface area contributed by atoms with Crippen molar-refractivity contribution in [1.82, 2.24) is 0 Å². The number of fused-ring (bicyclic) bond motifs is 5. The monoisotopic (exact) mass is 368 g/mol. The predicted octanol–water partition coefficient (Wildman–Crippen LogP) is 4.66. The molecular weight excluding hydrogens is 336 g/mol. The standard InChI is InChI=1S/C23H32O2Si/c1-22-11-9-18-17-10-12-23(25,13-14-26(2,3)4)15-16(17)5-6-19(18)20(22)7-8-21(22)24/h10,15,18-20,25H,5-9,11-12H2,1-4H3/t18-,19-,20+,22+,23?/m1/s1. The van der Waals surface area contributed by atoms with Gasteiger partial charge in [-0.2, -0.15) is 0 Å². The molecule has 3 heteroatoms. The fraction of sp³-hybridized carbons (Fsp3) is 0.696. The zero-order chi connectivity index (χ0) is 18.7. The number of hydrogen-bond donors (Lipinski definition) is 1. The van der Waals surface area contributed by atoms with Gasteiger partial charge >= 0.3 is 0 Å². The molecule has 3 fully saturated rings. The van der Waals surface area contributed by atoms with Crippen LogP contribution in [0.15, 0.2) is 23.3 Å². The van der Waals surface area contributed by atoms with Crippen molar-refractivity contribution < 1.29 is 9.90 Å². The van der Waals surface area contributed by atoms with Crippen LogP contribution >= 0.6 is 0 Å². The average Bonchev–Trinajstić information content (AvgIpc) is 2.87. The van der Waals surface area contributed by atoms with Gasteiger partial charge in [-0.15, -0.1) is 5.54 Å². The van der Waals surface area contributed by atoms with E-state index in [2.05, 4.69) is 50.2 Å². The number of allylic oxidation sites excluding steroid dienone is 2. The second-order valence-electron chi connectivity index (χ2n) is 10.3. The molecule has 0 spiro atoms. The smallest absolute Gasteiger partial charge is 0.147 e. The zero-order valence-corrected chi connectivity index (χ0v) is 17.7. The maximum atomic E-state index is 12.5. The molecule has 0 bridgehead atoms. The molecule has 1 unspecified atom stereocenters. The lowest BCUT2D eigenvalue weighted by Gasteiger charge is -2.50. The molecule has 5 atom stereocenters. The summed E-state index contributed by atoms with van der Waals surface area (Å²) in [7, 11) is -1.49. The minimum Gasteiger partial charge on any atom is -0.374 e. The summed E-state index contributed by atoms with van der Waals surface area (Å²) >= 11 is 0. The van der Waals surface area contributed by atoms with Crippen LogP contribution in [0.4, 0.5) is 0 Å². The van der Waals surface area contributed by atoms with Crippen LogP contribution in [0.25, 0.3) is 0 Å². The Kier molecular flexibility index (Phi) is 4.17. The maximum Gasteiger partial charge on any atom is 0.147 e. The van der Waals surface area contributed by atoms with Gasteiger partial charge in [0.25, 0.3) is 0 Å². The number of aliphatic hydroxyl groups is 1. The van der Waals surface area contributed by atoms with Crippen molar-refractivity contribution in [3.63, 3.8) is 0 Å². The number of rotatable bonds is 0. The molecule has 1 N–H and O–H groups in total. The van der Waals surface area contributed by atoms with Gasteiger partial charge in [0.1, 0.15) is 19.5 Å². The van der Waals surface area contributed by atoms with E-state index >= 15 is 0 Å². The first-order valence-corrected chi connectivity index (χ1v) is 13.8. The first-order valence-electron chi connectivity index (χ1n) is 10.3. The van der Waals surface area contributed by atoms with Gasteiger partial charge in [-0.3, -0.25) is 4.79 Å². The summed E-state index contributed by atoms with van der Waals surface area (Å²) in [4.78, 5) is 12.5. The summed E-state index contributed by atoms with van der Waals surface area (Å²) in [5.74, 6) is 5.52. The largest absolute Gasteiger partial charge is 0.374 e. The van der Waals surface area contributed by atoms with Crippen molar-refractivity contribution in [3.05, 3.63) is 23.3 Å². The normalized spacial score (nSPS) is 41.9. The van der Waals surface area contributed by atoms with Gasteiger partial charge in [0.05, 0.1) is 0 Å². The SMILES string of the molecule is C[C@]12CC[C@@H]3C4=CCC(O)(C#C[Si](C)(C)C)C=C4CC[C@H]3[C@@H]1CCC2=O. The third kappa shape index (κ3) is 2.96. The molecule has 4 aliphatic rings. The summed E-state index contributed by atoms with van der Waals surface area (Å²) < 4.78 is 0. The zero-order valence-electron chi connectivity index (χ0n) is 16.7. The van der Waals surface area contributed by atoms with Crippen LogP contribution in [0, 0.1) is 34.6 Å². The number of carbonyl (C=O) groups is 1. The summed E-state index contributed by atoms with van der Waals surface area (Å²) in [5, 5.41) is 11.0. The molecule has 4 rings (SSSR count). The highest BCUT2D eigenvalue weighted by molar-refractivity contribution is 6.83. The molecule has 0 amide bonds. The van der Waals surface area contributed by atoms with Gasteiger partial charge in [0, 0.05) is 18.3 Å². The molecule has 4 aliphatic carbocycles. The second-order valence-corrected chi connectivity index (χ2v) is 15.0. The predicted molar refractivity (Wildman–Crippen MR) is 108 cm³/mol. The van der Waals surface area contributed by atoms with E-state index < -0.39 is 13.7 Å². The third-order valence-electron chi connectivity index (χ3n) is 7.36. The molecule has 0 aromatic heterocycles. The van der Waals surface area contributed by atoms with Gasteiger partial charge in [0.15, 0.2) is 0 Å². The van der Waals surface area contributed by atoms with Crippen LogP contribution in [0.3, 0.4) is 0 Å². The highest BCUT2D eigenvalue weighted by atomic mass is 28.3. The van der Waals surface area contributed by atoms with E-state index in [0.29, 0.717) is 30.0 Å². The minimum atomic E-state index is -1.49. The lowest BCUT2D eigenvalue weighted by atomic mass is 9.54. The van der Waals surface area contributed by atoms with Crippen molar-refractivity contribution in [1.29, 1.82) is 0 Å². The molecular formula is C23H32O2Si. The van der Waals surface area contributed by atoms with Crippen molar-refractivity contribution in [2.24, 2.45) is 23.2 Å². The molecule has 2 nitrogen and oxygen atoms in total. The van der Waals surface area contributed by atoms with E-state index in [-0.39, 0.29) is 5.41 Å². The maximum absolute atomic E-state index is 12.5. The number of Topliss-reactive ketones (excluding diaryl/α,β-unsaturated/α-hetero) is 1. The topological polar surface area (TPSA) is 37.3 Å². The van der Waals surface area contributed by atoms with Crippen molar-refractivity contribution in [2.75, 3.05) is 0 Å². The Morgan fingerprint density at radius 3 is 2.69 bits per heavy atom. The molecule has 0 aromatic rings. The highest BCUT2D eigenvalue weighted by Crippen LogP contribution is 2.60. The van der Waals surface area contributed by atoms with Gasteiger partial charge in [0.2, 0.25) is 0 Å². The average molecular weight is 369 g/mol. The van der Waals surface area contributed by atoms with Crippen LogP contribution in [0.5, 0.6) is 0 Å². The van der Waals surface area contributed by atoms with Crippen molar-refractivity contribution in [3.8, 4) is 11.5 Å². The molecule has 26 heavy (non-hydrogen) atoms. The van der Waals surface area contributed by atoms with Crippen LogP contribution in [0.1, 0.15) is 51.9 Å². The van der Waals surface area contributed by atoms with Crippen molar-refractivity contribution >= 4 is 13.9 Å². The van der Waals surface area contributed by atoms with Gasteiger partial charge in [-0.1, -0.05) is 38.6 Å². The van der Waals surface area contributed by atoms with E-state index in [1.165, 1.54) is 17.6 Å². The fourth-order valence-electron chi connectivity index (χ4n) is 5.99. The van der Waals surface area contributed by atoms with Crippen LogP contribution in [0.2, 0.25) is 19.6 Å². The molecule has 0 aliphatic heterocycles. The summed E-state index contributed by atoms with van der Waals surface area (Å²) in [6.45, 7) is 8.88. The quantitative estimate of drug-likeness (QED) is 0.499. The Bertz CT molecular complexity index is 759. The Morgan fingerprint density at radius 1 is 1.19 bits per heavy atom. The number of ketones is 1. The highest BCUT2D eigenvalue weighted by Gasteiger charge is 2.55. The second kappa shape index (κ2) is 5.94. The molecule has 0 radical (unpaired) electrons. The Hall–Kier alpha value is -1.11. The van der Waals surface area contributed by atoms with E-state index in [4.69, 9.17) is 0 Å². The summed E-state index contributed by atoms with van der Waals surface area (Å²) in [6, 6.07) is 0. The summed E-state index contributed by atoms with van der Waals surface area (Å²) in [6.07, 6.45) is 11.2. The molecule has 0 saturated heterocycles. The van der Waals surface area contributed by atoms with Gasteiger partial charge in [-0.05, 0) is 67.1 Å². The van der Waals surface area contributed by atoms with Crippen LogP contribution in [-0.4, -0.2) is 24.6 Å². The molecule has 0 aromatic carbocycles. The first kappa shape index (κ1) is 18.3. The van der Waals surface area contributed by atoms with E-state index in [0.717, 1.165) is 32.1 Å². The summed E-state index contributed by atoms with van der Waals surface area (Å²) in [5.41, 5.74) is 5.13. The van der Waals surface area contributed by atoms with Crippen LogP contribution < -0.4 is 0 Å². The fourth-order valence-corrected chi connectivity index (χ4v) is 6.58. The van der Waals surface area contributed by atoms with E-state index in [1.54, 1.807) is 0 Å². The van der Waals surface area contributed by atoms with Gasteiger partial charge in [-0.25, -0.2) is 0 Å². The Balaban J connectivity index is 1.59. The lowest BCUT2D eigenvalue weighted by Crippen LogP contribution is -2.44. The molecule has 140 valence electrons. The minimum absolute atomic E-state index is 0.0544. The number of carbonyl (C=O) groups excluding carboxylic acids is 1. The van der Waals surface area contributed by atoms with Crippen molar-refractivity contribution in [2.45, 2.75) is 77.1 Å². The molecule has 3 saturated carbocycles. The first-order chi connectivity index (χ1) is 12.1. The lowest BCUT2D eigenvalue weighted by molar-refractivity contribution is -0.129. The Morgan fingerprint density at radius 2 is 1.96 bits per heavy atom.